The molecule has 0 aromatic carbocycles. The topological polar surface area (TPSA) is 74.7 Å². The lowest BCUT2D eigenvalue weighted by atomic mass is 9.93. The van der Waals surface area contributed by atoms with Crippen LogP contribution >= 0.6 is 0 Å². The molecule has 8 heteroatoms. The first-order chi connectivity index (χ1) is 9.97. The number of aromatic nitrogens is 2. The van der Waals surface area contributed by atoms with Crippen LogP contribution < -0.4 is 10.6 Å². The van der Waals surface area contributed by atoms with Crippen molar-refractivity contribution in [1.29, 1.82) is 0 Å². The first kappa shape index (κ1) is 16.0. The Morgan fingerprint density at radius 3 is 2.81 bits per heavy atom. The second-order valence-electron chi connectivity index (χ2n) is 5.23. The summed E-state index contributed by atoms with van der Waals surface area (Å²) in [6.45, 7) is 1.10. The predicted molar refractivity (Wildman–Crippen MR) is 70.6 cm³/mol. The molecule has 1 aromatic rings. The number of alkyl halides is 3. The van der Waals surface area contributed by atoms with E-state index < -0.39 is 11.9 Å². The molecule has 21 heavy (non-hydrogen) atoms. The van der Waals surface area contributed by atoms with Crippen molar-refractivity contribution in [3.05, 3.63) is 18.0 Å². The minimum absolute atomic E-state index is 0.0255. The standard InChI is InChI=1S/C13H19F3N4O/c14-13(15,16)11-5-6-18-12(20-11)19-8-7-17-9-3-1-2-4-10(9)21/h5-6,9-10,17,21H,1-4,7-8H2,(H,18,19,20)/p+1/t9-,10+/m1/s1. The number of hydrogen-bond acceptors (Lipinski definition) is 4. The van der Waals surface area contributed by atoms with Crippen LogP contribution in [0.15, 0.2) is 12.3 Å². The van der Waals surface area contributed by atoms with Gasteiger partial charge in [0.15, 0.2) is 0 Å². The average Bonchev–Trinajstić information content (AvgIpc) is 2.45. The van der Waals surface area contributed by atoms with Crippen molar-refractivity contribution in [2.45, 2.75) is 44.0 Å². The number of hydrogen-bond donors (Lipinski definition) is 3. The first-order valence-corrected chi connectivity index (χ1v) is 7.12. The minimum atomic E-state index is -4.46. The van der Waals surface area contributed by atoms with Gasteiger partial charge < -0.3 is 15.7 Å². The maximum absolute atomic E-state index is 12.5. The summed E-state index contributed by atoms with van der Waals surface area (Å²) in [5.41, 5.74) is -0.952. The lowest BCUT2D eigenvalue weighted by Gasteiger charge is -2.25. The molecule has 118 valence electrons. The number of quaternary nitrogens is 1. The fraction of sp³-hybridized carbons (Fsp3) is 0.692. The van der Waals surface area contributed by atoms with E-state index in [1.54, 1.807) is 0 Å². The van der Waals surface area contributed by atoms with Gasteiger partial charge in [0.25, 0.3) is 0 Å². The van der Waals surface area contributed by atoms with E-state index in [1.807, 2.05) is 5.32 Å². The van der Waals surface area contributed by atoms with Crippen molar-refractivity contribution in [3.8, 4) is 0 Å². The Labute approximate surface area is 121 Å². The number of nitrogens with zero attached hydrogens (tertiary/aromatic N) is 2. The van der Waals surface area contributed by atoms with Crippen LogP contribution in [-0.4, -0.2) is 40.3 Å². The molecule has 0 unspecified atom stereocenters. The molecule has 2 atom stereocenters. The molecule has 0 saturated heterocycles. The zero-order valence-electron chi connectivity index (χ0n) is 11.6. The number of aliphatic hydroxyl groups is 1. The summed E-state index contributed by atoms with van der Waals surface area (Å²) in [6, 6.07) is 1.03. The molecule has 0 spiro atoms. The zero-order valence-corrected chi connectivity index (χ0v) is 11.6. The summed E-state index contributed by atoms with van der Waals surface area (Å²) in [5.74, 6) is -0.0255. The molecule has 0 radical (unpaired) electrons. The molecule has 4 N–H and O–H groups in total. The molecular formula is C13H20F3N4O+. The third-order valence-corrected chi connectivity index (χ3v) is 3.62. The normalized spacial score (nSPS) is 23.0. The molecule has 2 rings (SSSR count). The van der Waals surface area contributed by atoms with E-state index in [1.165, 1.54) is 0 Å². The summed E-state index contributed by atoms with van der Waals surface area (Å²) in [7, 11) is 0. The number of aliphatic hydroxyl groups excluding tert-OH is 1. The van der Waals surface area contributed by atoms with E-state index in [4.69, 9.17) is 0 Å². The molecule has 1 aliphatic carbocycles. The number of nitrogens with one attached hydrogen (secondary N) is 1. The zero-order chi connectivity index (χ0) is 15.3. The molecule has 1 saturated carbocycles. The molecule has 0 amide bonds. The number of halogens is 3. The van der Waals surface area contributed by atoms with Crippen LogP contribution in [0.4, 0.5) is 19.1 Å². The molecular weight excluding hydrogens is 285 g/mol. The van der Waals surface area contributed by atoms with Gasteiger partial charge in [-0.1, -0.05) is 6.42 Å². The third-order valence-electron chi connectivity index (χ3n) is 3.62. The van der Waals surface area contributed by atoms with Gasteiger partial charge in [0.2, 0.25) is 5.95 Å². The lowest BCUT2D eigenvalue weighted by molar-refractivity contribution is -0.696. The van der Waals surface area contributed by atoms with Crippen LogP contribution in [0.25, 0.3) is 0 Å². The monoisotopic (exact) mass is 305 g/mol. The predicted octanol–water partition coefficient (Wildman–Crippen LogP) is 0.774. The summed E-state index contributed by atoms with van der Waals surface area (Å²) in [5, 5.41) is 14.6. The highest BCUT2D eigenvalue weighted by atomic mass is 19.4. The summed E-state index contributed by atoms with van der Waals surface area (Å²) >= 11 is 0. The minimum Gasteiger partial charge on any atom is -0.387 e. The molecule has 5 nitrogen and oxygen atoms in total. The molecule has 1 aliphatic rings. The fourth-order valence-electron chi connectivity index (χ4n) is 2.50. The Morgan fingerprint density at radius 1 is 1.33 bits per heavy atom. The lowest BCUT2D eigenvalue weighted by Crippen LogP contribution is -2.93. The van der Waals surface area contributed by atoms with Crippen LogP contribution in [0.1, 0.15) is 31.4 Å². The van der Waals surface area contributed by atoms with Crippen molar-refractivity contribution < 1.29 is 23.6 Å². The van der Waals surface area contributed by atoms with Crippen LogP contribution in [-0.2, 0) is 6.18 Å². The third kappa shape index (κ3) is 4.82. The van der Waals surface area contributed by atoms with Crippen molar-refractivity contribution in [2.75, 3.05) is 18.4 Å². The van der Waals surface area contributed by atoms with Gasteiger partial charge in [-0.25, -0.2) is 9.97 Å². The largest absolute Gasteiger partial charge is 0.433 e. The second kappa shape index (κ2) is 7.04. The Balaban J connectivity index is 1.76. The van der Waals surface area contributed by atoms with Crippen molar-refractivity contribution in [2.24, 2.45) is 0 Å². The van der Waals surface area contributed by atoms with E-state index >= 15 is 0 Å². The first-order valence-electron chi connectivity index (χ1n) is 7.12. The van der Waals surface area contributed by atoms with Gasteiger partial charge in [-0.15, -0.1) is 0 Å². The van der Waals surface area contributed by atoms with Gasteiger partial charge in [-0.3, -0.25) is 0 Å². The summed E-state index contributed by atoms with van der Waals surface area (Å²) < 4.78 is 37.5. The smallest absolute Gasteiger partial charge is 0.387 e. The van der Waals surface area contributed by atoms with Crippen LogP contribution in [0.5, 0.6) is 0 Å². The van der Waals surface area contributed by atoms with Crippen molar-refractivity contribution >= 4 is 5.95 Å². The molecule has 1 fully saturated rings. The van der Waals surface area contributed by atoms with E-state index in [0.717, 1.165) is 37.9 Å². The Kier molecular flexibility index (Phi) is 5.35. The highest BCUT2D eigenvalue weighted by Gasteiger charge is 2.32. The molecule has 1 heterocycles. The van der Waals surface area contributed by atoms with Gasteiger partial charge in [0, 0.05) is 12.6 Å². The van der Waals surface area contributed by atoms with Gasteiger partial charge in [0.1, 0.15) is 17.8 Å². The van der Waals surface area contributed by atoms with Gasteiger partial charge >= 0.3 is 6.18 Å². The Bertz CT molecular complexity index is 455. The quantitative estimate of drug-likeness (QED) is 0.703. The fourth-order valence-corrected chi connectivity index (χ4v) is 2.50. The maximum atomic E-state index is 12.5. The van der Waals surface area contributed by atoms with Crippen LogP contribution in [0, 0.1) is 0 Å². The molecule has 0 bridgehead atoms. The van der Waals surface area contributed by atoms with Crippen LogP contribution in [0.2, 0.25) is 0 Å². The van der Waals surface area contributed by atoms with E-state index in [-0.39, 0.29) is 18.1 Å². The summed E-state index contributed by atoms with van der Waals surface area (Å²) in [6.07, 6.45) is 0.310. The average molecular weight is 305 g/mol. The second-order valence-corrected chi connectivity index (χ2v) is 5.23. The van der Waals surface area contributed by atoms with Gasteiger partial charge in [-0.2, -0.15) is 13.2 Å². The Morgan fingerprint density at radius 2 is 2.10 bits per heavy atom. The highest BCUT2D eigenvalue weighted by molar-refractivity contribution is 5.25. The van der Waals surface area contributed by atoms with Gasteiger partial charge in [-0.05, 0) is 18.9 Å². The summed E-state index contributed by atoms with van der Waals surface area (Å²) in [4.78, 5) is 7.20. The van der Waals surface area contributed by atoms with E-state index in [9.17, 15) is 18.3 Å². The molecule has 1 aromatic heterocycles. The number of anilines is 1. The van der Waals surface area contributed by atoms with Crippen molar-refractivity contribution in [3.63, 3.8) is 0 Å². The number of rotatable bonds is 5. The SMILES string of the molecule is O[C@H]1CCCC[C@H]1[NH2+]CCNc1nccc(C(F)(F)F)n1. The van der Waals surface area contributed by atoms with Crippen LogP contribution in [0.3, 0.4) is 0 Å². The van der Waals surface area contributed by atoms with Gasteiger partial charge in [0.05, 0.1) is 13.1 Å². The van der Waals surface area contributed by atoms with E-state index in [0.29, 0.717) is 13.1 Å². The number of nitrogens with two attached hydrogens (primary N) is 1. The van der Waals surface area contributed by atoms with Crippen molar-refractivity contribution in [1.82, 2.24) is 9.97 Å². The highest BCUT2D eigenvalue weighted by Crippen LogP contribution is 2.27. The van der Waals surface area contributed by atoms with E-state index in [2.05, 4.69) is 15.3 Å². The maximum Gasteiger partial charge on any atom is 0.433 e. The molecule has 0 aliphatic heterocycles. The Hall–Kier alpha value is -1.41.